The highest BCUT2D eigenvalue weighted by Gasteiger charge is 2.52. The zero-order valence-electron chi connectivity index (χ0n) is 11.6. The highest BCUT2D eigenvalue weighted by Crippen LogP contribution is 2.25. The van der Waals surface area contributed by atoms with Crippen LogP contribution in [0.3, 0.4) is 0 Å². The third-order valence-electron chi connectivity index (χ3n) is 3.25. The third kappa shape index (κ3) is 2.74. The van der Waals surface area contributed by atoms with Crippen LogP contribution in [0, 0.1) is 0 Å². The molecule has 0 saturated heterocycles. The summed E-state index contributed by atoms with van der Waals surface area (Å²) in [5.74, 6) is 0.994. The number of fused-ring (bicyclic) bond motifs is 1. The summed E-state index contributed by atoms with van der Waals surface area (Å²) in [4.78, 5) is 0. The van der Waals surface area contributed by atoms with E-state index in [9.17, 15) is 8.63 Å². The molecule has 0 aromatic heterocycles. The molecule has 0 aliphatic carbocycles. The van der Waals surface area contributed by atoms with Gasteiger partial charge >= 0.3 is 7.11 Å². The zero-order chi connectivity index (χ0) is 15.0. The molecule has 2 aromatic rings. The van der Waals surface area contributed by atoms with Crippen molar-refractivity contribution in [2.45, 2.75) is 6.92 Å². The molecule has 3 rings (SSSR count). The van der Waals surface area contributed by atoms with Gasteiger partial charge in [-0.3, -0.25) is 0 Å². The van der Waals surface area contributed by atoms with E-state index < -0.39 is 7.11 Å². The molecule has 0 N–H and O–H groups in total. The first-order chi connectivity index (χ1) is 9.97. The Morgan fingerprint density at radius 2 is 1.81 bits per heavy atom. The van der Waals surface area contributed by atoms with Gasteiger partial charge in [0.25, 0.3) is 5.78 Å². The molecule has 0 amide bonds. The Hall–Kier alpha value is -2.37. The lowest BCUT2D eigenvalue weighted by Crippen LogP contribution is -2.30. The monoisotopic (exact) mass is 290 g/mol. The van der Waals surface area contributed by atoms with Crippen LogP contribution in [0.1, 0.15) is 16.8 Å². The van der Waals surface area contributed by atoms with Crippen LogP contribution < -0.4 is 4.74 Å². The smallest absolute Gasteiger partial charge is 0.572 e. The molecule has 1 aliphatic rings. The van der Waals surface area contributed by atoms with Gasteiger partial charge in [0.2, 0.25) is 0 Å². The molecule has 0 fully saturated rings. The number of hydrogen-bond acceptors (Lipinski definition) is 2. The number of ether oxygens (including phenoxy) is 1. The maximum atomic E-state index is 13.3. The quantitative estimate of drug-likeness (QED) is 0.620. The van der Waals surface area contributed by atoms with Crippen molar-refractivity contribution in [3.63, 3.8) is 0 Å². The molecule has 0 atom stereocenters. The van der Waals surface area contributed by atoms with E-state index in [0.717, 1.165) is 16.5 Å². The molecule has 108 valence electrons. The number of benzene rings is 2. The Balaban J connectivity index is 2.07. The molecule has 0 bridgehead atoms. The van der Waals surface area contributed by atoms with Gasteiger partial charge in [0.1, 0.15) is 5.75 Å². The van der Waals surface area contributed by atoms with E-state index in [1.54, 1.807) is 19.2 Å². The molecule has 6 heteroatoms. The molecular formula is C15H13BF2O3. The molecule has 21 heavy (non-hydrogen) atoms. The van der Waals surface area contributed by atoms with Crippen molar-refractivity contribution in [1.82, 2.24) is 0 Å². The number of rotatable bonds is 2. The normalized spacial score (nSPS) is 17.0. The van der Waals surface area contributed by atoms with Gasteiger partial charge in [-0.15, -0.1) is 0 Å². The summed E-state index contributed by atoms with van der Waals surface area (Å²) in [6, 6.07) is 10.9. The van der Waals surface area contributed by atoms with Gasteiger partial charge in [-0.1, -0.05) is 12.1 Å². The van der Waals surface area contributed by atoms with Crippen molar-refractivity contribution >= 4 is 23.7 Å². The maximum absolute atomic E-state index is 13.3. The first-order valence-corrected chi connectivity index (χ1v) is 6.48. The van der Waals surface area contributed by atoms with E-state index in [4.69, 9.17) is 4.74 Å². The number of hydrogen-bond donors (Lipinski definition) is 0. The van der Waals surface area contributed by atoms with Crippen molar-refractivity contribution < 1.29 is 22.4 Å². The predicted octanol–water partition coefficient (Wildman–Crippen LogP) is 3.88. The summed E-state index contributed by atoms with van der Waals surface area (Å²) >= 11 is 0. The van der Waals surface area contributed by atoms with Gasteiger partial charge in [-0.25, -0.2) is 0 Å². The number of ketones is 1. The summed E-state index contributed by atoms with van der Waals surface area (Å²) in [6.07, 6.45) is 1.46. The molecule has 0 spiro atoms. The molecular weight excluding hydrogens is 277 g/mol. The fourth-order valence-corrected chi connectivity index (χ4v) is 2.30. The van der Waals surface area contributed by atoms with E-state index in [-0.39, 0.29) is 11.5 Å². The summed E-state index contributed by atoms with van der Waals surface area (Å²) in [5.41, 5.74) is 0.580. The number of methoxy groups -OCH3 is 1. The molecule has 1 aliphatic heterocycles. The van der Waals surface area contributed by atoms with Crippen molar-refractivity contribution in [3.8, 4) is 5.75 Å². The number of halogens is 2. The van der Waals surface area contributed by atoms with Crippen molar-refractivity contribution in [3.05, 3.63) is 53.8 Å². The Morgan fingerprint density at radius 1 is 1.10 bits per heavy atom. The predicted molar refractivity (Wildman–Crippen MR) is 77.6 cm³/mol. The number of allylic oxidation sites excluding steroid dienone is 2. The largest absolute Gasteiger partial charge is 0.994 e. The fraction of sp³-hybridized carbons (Fsp3) is 0.133. The van der Waals surface area contributed by atoms with Crippen LogP contribution in [0.25, 0.3) is 10.8 Å². The van der Waals surface area contributed by atoms with Gasteiger partial charge in [0.15, 0.2) is 0 Å². The first kappa shape index (κ1) is 13.6. The highest BCUT2D eigenvalue weighted by atomic mass is 19.3. The Kier molecular flexibility index (Phi) is 3.16. The van der Waals surface area contributed by atoms with Gasteiger partial charge < -0.3 is 22.4 Å². The van der Waals surface area contributed by atoms with E-state index in [1.807, 2.05) is 24.3 Å². The van der Waals surface area contributed by atoms with E-state index in [0.29, 0.717) is 5.56 Å². The van der Waals surface area contributed by atoms with Gasteiger partial charge in [0.05, 0.1) is 24.5 Å². The van der Waals surface area contributed by atoms with Crippen LogP contribution in [-0.2, 0) is 4.65 Å². The minimum atomic E-state index is -4.30. The Labute approximate surface area is 120 Å². The Bertz CT molecular complexity index is 769. The van der Waals surface area contributed by atoms with Crippen molar-refractivity contribution in [2.24, 2.45) is 0 Å². The van der Waals surface area contributed by atoms with Crippen LogP contribution in [0.4, 0.5) is 8.63 Å². The average Bonchev–Trinajstić information content (AvgIpc) is 2.44. The second-order valence-electron chi connectivity index (χ2n) is 4.82. The summed E-state index contributed by atoms with van der Waals surface area (Å²) < 4.78 is 40.9. The van der Waals surface area contributed by atoms with E-state index in [2.05, 4.69) is 9.00 Å². The zero-order valence-corrected chi connectivity index (χ0v) is 11.6. The second kappa shape index (κ2) is 4.88. The molecule has 3 nitrogen and oxygen atoms in total. The van der Waals surface area contributed by atoms with Gasteiger partial charge in [-0.05, 0) is 42.0 Å². The molecule has 0 saturated carbocycles. The standard InChI is InChI=1S/C15H13BF2O3/c1-10-7-15(21-16(17,18)20-10)13-4-3-12-9-14(19-2)6-5-11(12)8-13/h3-9H,1-2H3. The highest BCUT2D eigenvalue weighted by molar-refractivity contribution is 6.51. The van der Waals surface area contributed by atoms with Gasteiger partial charge in [0, 0.05) is 0 Å². The average molecular weight is 290 g/mol. The van der Waals surface area contributed by atoms with Crippen LogP contribution in [0.5, 0.6) is 5.75 Å². The Morgan fingerprint density at radius 3 is 2.52 bits per heavy atom. The van der Waals surface area contributed by atoms with Crippen LogP contribution >= 0.6 is 0 Å². The van der Waals surface area contributed by atoms with E-state index in [1.165, 1.54) is 13.0 Å². The maximum Gasteiger partial charge on any atom is 0.994 e. The van der Waals surface area contributed by atoms with Crippen LogP contribution in [-0.4, -0.2) is 20.0 Å². The van der Waals surface area contributed by atoms with Crippen molar-refractivity contribution in [2.75, 3.05) is 7.11 Å². The molecule has 1 heterocycles. The molecule has 0 radical (unpaired) electrons. The minimum absolute atomic E-state index is 0.112. The minimum Gasteiger partial charge on any atom is -0.572 e. The fourth-order valence-electron chi connectivity index (χ4n) is 2.30. The third-order valence-corrected chi connectivity index (χ3v) is 3.25. The lowest BCUT2D eigenvalue weighted by molar-refractivity contribution is -0.189. The molecule has 2 aromatic carbocycles. The number of carbonyl (C=O) groups excluding carboxylic acids is 1. The lowest BCUT2D eigenvalue weighted by Gasteiger charge is -2.17. The first-order valence-electron chi connectivity index (χ1n) is 6.48. The second-order valence-corrected chi connectivity index (χ2v) is 4.82. The van der Waals surface area contributed by atoms with Crippen molar-refractivity contribution in [1.29, 1.82) is 0 Å². The van der Waals surface area contributed by atoms with Crippen LogP contribution in [0.2, 0.25) is 0 Å². The topological polar surface area (TPSA) is 29.8 Å². The summed E-state index contributed by atoms with van der Waals surface area (Å²) in [5, 5.41) is 1.88. The molecule has 0 unspecified atom stereocenters. The van der Waals surface area contributed by atoms with Gasteiger partial charge in [-0.2, -0.15) is 0 Å². The summed E-state index contributed by atoms with van der Waals surface area (Å²) in [6.45, 7) is 1.48. The summed E-state index contributed by atoms with van der Waals surface area (Å²) in [7, 11) is -2.70. The SMILES string of the molecule is COc1ccc2cc(C3=[O+][B-](F)(F)OC(C)=C3)ccc2c1. The van der Waals surface area contributed by atoms with Crippen LogP contribution in [0.15, 0.2) is 48.2 Å². The van der Waals surface area contributed by atoms with E-state index >= 15 is 0 Å². The lowest BCUT2D eigenvalue weighted by atomic mass is 10.0.